The summed E-state index contributed by atoms with van der Waals surface area (Å²) in [6.07, 6.45) is 0.624. The molecule has 29 heavy (non-hydrogen) atoms. The molecule has 1 aromatic heterocycles. The number of carboxylic acid groups (broad SMARTS) is 1. The molecule has 0 aliphatic heterocycles. The van der Waals surface area contributed by atoms with Crippen LogP contribution in [0.25, 0.3) is 0 Å². The van der Waals surface area contributed by atoms with Gasteiger partial charge in [-0.1, -0.05) is 26.0 Å². The Labute approximate surface area is 174 Å². The predicted molar refractivity (Wildman–Crippen MR) is 114 cm³/mol. The maximum absolute atomic E-state index is 13.1. The molecular formula is C21H26N2O5S. The van der Waals surface area contributed by atoms with Crippen molar-refractivity contribution in [3.05, 3.63) is 40.3 Å². The van der Waals surface area contributed by atoms with Gasteiger partial charge in [0, 0.05) is 17.7 Å². The largest absolute Gasteiger partial charge is 0.495 e. The Kier molecular flexibility index (Phi) is 7.78. The predicted octanol–water partition coefficient (Wildman–Crippen LogP) is 4.32. The maximum Gasteiger partial charge on any atom is 0.303 e. The third-order valence-electron chi connectivity index (χ3n) is 4.45. The Hall–Kier alpha value is -2.87. The zero-order valence-corrected chi connectivity index (χ0v) is 17.8. The highest BCUT2D eigenvalue weighted by molar-refractivity contribution is 7.16. The first-order chi connectivity index (χ1) is 13.8. The minimum atomic E-state index is -0.942. The summed E-state index contributed by atoms with van der Waals surface area (Å²) < 4.78 is 5.28. The number of hydrogen-bond acceptors (Lipinski definition) is 5. The number of carbonyl (C=O) groups excluding carboxylic acids is 2. The van der Waals surface area contributed by atoms with Gasteiger partial charge in [-0.3, -0.25) is 14.4 Å². The monoisotopic (exact) mass is 418 g/mol. The van der Waals surface area contributed by atoms with E-state index < -0.39 is 5.97 Å². The molecule has 156 valence electrons. The van der Waals surface area contributed by atoms with Crippen LogP contribution in [-0.2, 0) is 16.0 Å². The van der Waals surface area contributed by atoms with Crippen LogP contribution in [0, 0.1) is 12.8 Å². The average molecular weight is 419 g/mol. The lowest BCUT2D eigenvalue weighted by atomic mass is 10.0. The number of nitrogens with one attached hydrogen (secondary N) is 2. The van der Waals surface area contributed by atoms with Gasteiger partial charge in [-0.25, -0.2) is 0 Å². The molecule has 1 atom stereocenters. The third kappa shape index (κ3) is 5.80. The van der Waals surface area contributed by atoms with Gasteiger partial charge < -0.3 is 20.5 Å². The molecule has 2 rings (SSSR count). The summed E-state index contributed by atoms with van der Waals surface area (Å²) in [6, 6.07) is 7.10. The fourth-order valence-corrected chi connectivity index (χ4v) is 4.29. The minimum Gasteiger partial charge on any atom is -0.495 e. The van der Waals surface area contributed by atoms with E-state index >= 15 is 0 Å². The van der Waals surface area contributed by atoms with Gasteiger partial charge in [0.05, 0.1) is 18.4 Å². The van der Waals surface area contributed by atoms with E-state index in [-0.39, 0.29) is 30.6 Å². The van der Waals surface area contributed by atoms with E-state index in [0.29, 0.717) is 28.4 Å². The number of methoxy groups -OCH3 is 1. The second kappa shape index (κ2) is 10.1. The van der Waals surface area contributed by atoms with Crippen LogP contribution < -0.4 is 15.4 Å². The van der Waals surface area contributed by atoms with E-state index in [1.807, 2.05) is 19.9 Å². The fourth-order valence-electron chi connectivity index (χ4n) is 3.13. The van der Waals surface area contributed by atoms with Crippen molar-refractivity contribution >= 4 is 39.8 Å². The Morgan fingerprint density at radius 2 is 1.86 bits per heavy atom. The number of amides is 2. The summed E-state index contributed by atoms with van der Waals surface area (Å²) in [7, 11) is 1.53. The number of anilines is 2. The van der Waals surface area contributed by atoms with Crippen LogP contribution in [0.4, 0.5) is 10.7 Å². The summed E-state index contributed by atoms with van der Waals surface area (Å²) in [6.45, 7) is 5.57. The number of aryl methyl sites for hydroxylation is 1. The molecule has 3 N–H and O–H groups in total. The molecule has 0 saturated carbocycles. The van der Waals surface area contributed by atoms with Gasteiger partial charge in [0.2, 0.25) is 5.91 Å². The van der Waals surface area contributed by atoms with Crippen molar-refractivity contribution in [2.75, 3.05) is 17.7 Å². The van der Waals surface area contributed by atoms with Gasteiger partial charge in [-0.05, 0) is 37.0 Å². The summed E-state index contributed by atoms with van der Waals surface area (Å²) in [5.74, 6) is -1.34. The van der Waals surface area contributed by atoms with Crippen molar-refractivity contribution in [2.24, 2.45) is 5.92 Å². The highest BCUT2D eigenvalue weighted by atomic mass is 32.1. The van der Waals surface area contributed by atoms with Crippen molar-refractivity contribution in [1.82, 2.24) is 0 Å². The molecule has 8 heteroatoms. The van der Waals surface area contributed by atoms with Gasteiger partial charge in [-0.2, -0.15) is 0 Å². The number of aliphatic carboxylic acids is 1. The number of thiophene rings is 1. The lowest BCUT2D eigenvalue weighted by molar-refractivity contribution is -0.138. The first-order valence-electron chi connectivity index (χ1n) is 9.35. The van der Waals surface area contributed by atoms with E-state index in [9.17, 15) is 14.4 Å². The van der Waals surface area contributed by atoms with Gasteiger partial charge in [0.1, 0.15) is 10.8 Å². The van der Waals surface area contributed by atoms with Crippen molar-refractivity contribution in [3.63, 3.8) is 0 Å². The number of hydrogen-bond donors (Lipinski definition) is 3. The molecule has 0 bridgehead atoms. The quantitative estimate of drug-likeness (QED) is 0.562. The van der Waals surface area contributed by atoms with E-state index in [2.05, 4.69) is 10.6 Å². The van der Waals surface area contributed by atoms with E-state index in [1.165, 1.54) is 18.4 Å². The molecule has 1 aromatic carbocycles. The van der Waals surface area contributed by atoms with E-state index in [0.717, 1.165) is 10.4 Å². The topological polar surface area (TPSA) is 105 Å². The maximum atomic E-state index is 13.1. The summed E-state index contributed by atoms with van der Waals surface area (Å²) in [5, 5.41) is 15.0. The van der Waals surface area contributed by atoms with Crippen LogP contribution in [0.1, 0.15) is 47.5 Å². The third-order valence-corrected chi connectivity index (χ3v) is 5.52. The summed E-state index contributed by atoms with van der Waals surface area (Å²) in [4.78, 5) is 37.2. The summed E-state index contributed by atoms with van der Waals surface area (Å²) >= 11 is 1.34. The lowest BCUT2D eigenvalue weighted by Gasteiger charge is -2.13. The molecule has 0 saturated heterocycles. The van der Waals surface area contributed by atoms with Crippen molar-refractivity contribution in [1.29, 1.82) is 0 Å². The molecule has 0 aliphatic carbocycles. The van der Waals surface area contributed by atoms with Crippen molar-refractivity contribution in [2.45, 2.75) is 40.0 Å². The number of ether oxygens (including phenoxy) is 1. The smallest absolute Gasteiger partial charge is 0.303 e. The van der Waals surface area contributed by atoms with Crippen LogP contribution in [-0.4, -0.2) is 30.0 Å². The number of para-hydroxylation sites is 2. The van der Waals surface area contributed by atoms with Crippen LogP contribution in [0.5, 0.6) is 5.75 Å². The Balaban J connectivity index is 2.26. The average Bonchev–Trinajstić information content (AvgIpc) is 2.95. The highest BCUT2D eigenvalue weighted by Crippen LogP contribution is 2.35. The number of carboxylic acids is 1. The molecule has 2 aromatic rings. The van der Waals surface area contributed by atoms with E-state index in [4.69, 9.17) is 9.84 Å². The molecule has 1 heterocycles. The fraction of sp³-hybridized carbons (Fsp3) is 0.381. The number of benzene rings is 1. The minimum absolute atomic E-state index is 0.0677. The molecule has 0 spiro atoms. The van der Waals surface area contributed by atoms with Crippen LogP contribution in [0.2, 0.25) is 0 Å². The van der Waals surface area contributed by atoms with Gasteiger partial charge in [-0.15, -0.1) is 11.3 Å². The second-order valence-electron chi connectivity index (χ2n) is 6.80. The zero-order valence-electron chi connectivity index (χ0n) is 17.0. The van der Waals surface area contributed by atoms with Gasteiger partial charge >= 0.3 is 5.97 Å². The van der Waals surface area contributed by atoms with Crippen LogP contribution >= 0.6 is 11.3 Å². The Morgan fingerprint density at radius 3 is 2.48 bits per heavy atom. The van der Waals surface area contributed by atoms with Gasteiger partial charge in [0.15, 0.2) is 0 Å². The first kappa shape index (κ1) is 22.4. The molecular weight excluding hydrogens is 392 g/mol. The Bertz CT molecular complexity index is 906. The van der Waals surface area contributed by atoms with Crippen molar-refractivity contribution in [3.8, 4) is 5.75 Å². The Morgan fingerprint density at radius 1 is 1.17 bits per heavy atom. The molecule has 0 fully saturated rings. The zero-order chi connectivity index (χ0) is 21.6. The lowest BCUT2D eigenvalue weighted by Crippen LogP contribution is -2.20. The number of rotatable bonds is 9. The molecule has 2 amide bonds. The first-order valence-corrected chi connectivity index (χ1v) is 10.2. The SMILES string of the molecule is CCc1c(C)sc(NC(=O)CC(C)CC(=O)O)c1C(=O)Nc1ccccc1OC. The van der Waals surface area contributed by atoms with Crippen LogP contribution in [0.3, 0.4) is 0 Å². The van der Waals surface area contributed by atoms with E-state index in [1.54, 1.807) is 25.1 Å². The standard InChI is InChI=1S/C21H26N2O5S/c1-5-14-13(3)29-21(23-17(24)10-12(2)11-18(25)26)19(14)20(27)22-15-8-6-7-9-16(15)28-4/h6-9,12H,5,10-11H2,1-4H3,(H,22,27)(H,23,24)(H,25,26). The highest BCUT2D eigenvalue weighted by Gasteiger charge is 2.24. The van der Waals surface area contributed by atoms with Crippen molar-refractivity contribution < 1.29 is 24.2 Å². The number of carbonyl (C=O) groups is 3. The summed E-state index contributed by atoms with van der Waals surface area (Å²) in [5.41, 5.74) is 1.84. The second-order valence-corrected chi connectivity index (χ2v) is 8.03. The molecule has 0 aliphatic rings. The normalized spacial score (nSPS) is 11.6. The van der Waals surface area contributed by atoms with Crippen LogP contribution in [0.15, 0.2) is 24.3 Å². The van der Waals surface area contributed by atoms with Gasteiger partial charge in [0.25, 0.3) is 5.91 Å². The molecule has 1 unspecified atom stereocenters. The molecule has 0 radical (unpaired) electrons. The molecule has 7 nitrogen and oxygen atoms in total.